The van der Waals surface area contributed by atoms with Crippen molar-refractivity contribution in [3.8, 4) is 0 Å². The number of urea groups is 1. The van der Waals surface area contributed by atoms with Crippen LogP contribution in [0.5, 0.6) is 0 Å². The van der Waals surface area contributed by atoms with E-state index in [1.807, 2.05) is 23.9 Å². The third-order valence-corrected chi connectivity index (χ3v) is 4.95. The smallest absolute Gasteiger partial charge is 0.319 e. The molecule has 1 fully saturated rings. The van der Waals surface area contributed by atoms with Gasteiger partial charge in [-0.05, 0) is 36.5 Å². The second-order valence-electron chi connectivity index (χ2n) is 6.05. The van der Waals surface area contributed by atoms with Gasteiger partial charge in [0.05, 0.1) is 0 Å². The van der Waals surface area contributed by atoms with E-state index in [4.69, 9.17) is 4.74 Å². The third-order valence-electron chi connectivity index (χ3n) is 3.51. The fourth-order valence-electron chi connectivity index (χ4n) is 2.27. The van der Waals surface area contributed by atoms with Gasteiger partial charge >= 0.3 is 6.03 Å². The predicted molar refractivity (Wildman–Crippen MR) is 93.4 cm³/mol. The van der Waals surface area contributed by atoms with Crippen molar-refractivity contribution >= 4 is 23.5 Å². The van der Waals surface area contributed by atoms with Crippen molar-refractivity contribution in [2.45, 2.75) is 37.7 Å². The number of carbonyl (C=O) groups excluding carboxylic acids is 1. The Kier molecular flexibility index (Phi) is 7.06. The molecule has 1 aromatic carbocycles. The molecule has 122 valence electrons. The minimum absolute atomic E-state index is 0.136. The maximum absolute atomic E-state index is 11.8. The second-order valence-corrected chi connectivity index (χ2v) is 7.34. The minimum Gasteiger partial charge on any atom is -0.381 e. The van der Waals surface area contributed by atoms with E-state index in [1.165, 1.54) is 5.56 Å². The molecule has 1 aromatic rings. The van der Waals surface area contributed by atoms with E-state index in [0.29, 0.717) is 17.7 Å². The summed E-state index contributed by atoms with van der Waals surface area (Å²) in [6.45, 7) is 6.61. The molecule has 1 aliphatic heterocycles. The number of amides is 2. The lowest BCUT2D eigenvalue weighted by molar-refractivity contribution is 0.1000. The summed E-state index contributed by atoms with van der Waals surface area (Å²) in [7, 11) is 0. The largest absolute Gasteiger partial charge is 0.381 e. The Hall–Kier alpha value is -1.20. The van der Waals surface area contributed by atoms with Gasteiger partial charge in [0.15, 0.2) is 0 Å². The van der Waals surface area contributed by atoms with Gasteiger partial charge in [0, 0.05) is 36.4 Å². The van der Waals surface area contributed by atoms with Crippen LogP contribution < -0.4 is 10.6 Å². The molecule has 0 aliphatic carbocycles. The number of anilines is 1. The Morgan fingerprint density at radius 3 is 2.86 bits per heavy atom. The molecular formula is C17H26N2O2S. The number of thioether (sulfide) groups is 1. The molecule has 0 radical (unpaired) electrons. The monoisotopic (exact) mass is 322 g/mol. The van der Waals surface area contributed by atoms with Crippen LogP contribution in [-0.4, -0.2) is 31.0 Å². The van der Waals surface area contributed by atoms with Crippen molar-refractivity contribution < 1.29 is 9.53 Å². The summed E-state index contributed by atoms with van der Waals surface area (Å²) in [6, 6.07) is 7.96. The number of hydrogen-bond acceptors (Lipinski definition) is 3. The van der Waals surface area contributed by atoms with Crippen LogP contribution in [0.15, 0.2) is 24.3 Å². The molecule has 0 spiro atoms. The summed E-state index contributed by atoms with van der Waals surface area (Å²) in [4.78, 5) is 11.8. The molecule has 1 aliphatic rings. The quantitative estimate of drug-likeness (QED) is 0.836. The zero-order valence-electron chi connectivity index (χ0n) is 13.4. The molecule has 1 heterocycles. The van der Waals surface area contributed by atoms with Crippen molar-refractivity contribution in [1.29, 1.82) is 0 Å². The Labute approximate surface area is 137 Å². The average molecular weight is 322 g/mol. The highest BCUT2D eigenvalue weighted by Gasteiger charge is 2.14. The highest BCUT2D eigenvalue weighted by molar-refractivity contribution is 7.99. The molecule has 2 N–H and O–H groups in total. The lowest BCUT2D eigenvalue weighted by Gasteiger charge is -2.21. The van der Waals surface area contributed by atoms with Crippen LogP contribution in [0.25, 0.3) is 0 Å². The summed E-state index contributed by atoms with van der Waals surface area (Å²) in [5.74, 6) is 1.43. The summed E-state index contributed by atoms with van der Waals surface area (Å²) >= 11 is 1.98. The van der Waals surface area contributed by atoms with E-state index in [-0.39, 0.29) is 6.03 Å². The van der Waals surface area contributed by atoms with Gasteiger partial charge in [0.1, 0.15) is 0 Å². The van der Waals surface area contributed by atoms with Crippen LogP contribution in [0.1, 0.15) is 32.3 Å². The van der Waals surface area contributed by atoms with Gasteiger partial charge in [-0.25, -0.2) is 4.79 Å². The van der Waals surface area contributed by atoms with Crippen molar-refractivity contribution in [2.24, 2.45) is 5.92 Å². The van der Waals surface area contributed by atoms with Crippen LogP contribution in [0.3, 0.4) is 0 Å². The predicted octanol–water partition coefficient (Wildman–Crippen LogP) is 3.88. The number of nitrogens with one attached hydrogen (secondary N) is 2. The molecule has 5 heteroatoms. The molecule has 0 saturated carbocycles. The van der Waals surface area contributed by atoms with Gasteiger partial charge < -0.3 is 15.4 Å². The highest BCUT2D eigenvalue weighted by Crippen LogP contribution is 2.26. The second kappa shape index (κ2) is 9.06. The first-order valence-electron chi connectivity index (χ1n) is 7.96. The van der Waals surface area contributed by atoms with Gasteiger partial charge in [-0.15, -0.1) is 0 Å². The maximum atomic E-state index is 11.8. The van der Waals surface area contributed by atoms with Gasteiger partial charge in [-0.3, -0.25) is 0 Å². The lowest BCUT2D eigenvalue weighted by atomic mass is 10.2. The SMILES string of the molecule is CC(C)CNC(=O)Nc1cccc(CSC2CCOCC2)c1. The zero-order chi connectivity index (χ0) is 15.8. The van der Waals surface area contributed by atoms with E-state index >= 15 is 0 Å². The molecular weight excluding hydrogens is 296 g/mol. The normalized spacial score (nSPS) is 15.8. The molecule has 22 heavy (non-hydrogen) atoms. The maximum Gasteiger partial charge on any atom is 0.319 e. The van der Waals surface area contributed by atoms with E-state index in [2.05, 4.69) is 36.6 Å². The number of ether oxygens (including phenoxy) is 1. The number of hydrogen-bond donors (Lipinski definition) is 2. The summed E-state index contributed by atoms with van der Waals surface area (Å²) in [6.07, 6.45) is 2.28. The van der Waals surface area contributed by atoms with Gasteiger partial charge in [0.2, 0.25) is 0 Å². The summed E-state index contributed by atoms with van der Waals surface area (Å²) in [5, 5.41) is 6.46. The van der Waals surface area contributed by atoms with Gasteiger partial charge in [-0.1, -0.05) is 26.0 Å². The molecule has 4 nitrogen and oxygen atoms in total. The molecule has 0 unspecified atom stereocenters. The standard InChI is InChI=1S/C17H26N2O2S/c1-13(2)11-18-17(20)19-15-5-3-4-14(10-15)12-22-16-6-8-21-9-7-16/h3-5,10,13,16H,6-9,11-12H2,1-2H3,(H2,18,19,20). The van der Waals surface area contributed by atoms with Gasteiger partial charge in [-0.2, -0.15) is 11.8 Å². The molecule has 0 atom stereocenters. The van der Waals surface area contributed by atoms with Crippen LogP contribution >= 0.6 is 11.8 Å². The summed E-state index contributed by atoms with van der Waals surface area (Å²) in [5.41, 5.74) is 2.10. The molecule has 2 rings (SSSR count). The highest BCUT2D eigenvalue weighted by atomic mass is 32.2. The number of rotatable bonds is 6. The topological polar surface area (TPSA) is 50.4 Å². The first kappa shape index (κ1) is 17.2. The Bertz CT molecular complexity index is 473. The van der Waals surface area contributed by atoms with Crippen molar-refractivity contribution in [2.75, 3.05) is 25.1 Å². The van der Waals surface area contributed by atoms with Gasteiger partial charge in [0.25, 0.3) is 0 Å². The minimum atomic E-state index is -0.136. The van der Waals surface area contributed by atoms with Crippen LogP contribution in [0.4, 0.5) is 10.5 Å². The van der Waals surface area contributed by atoms with Crippen molar-refractivity contribution in [3.63, 3.8) is 0 Å². The van der Waals surface area contributed by atoms with E-state index in [0.717, 1.165) is 37.5 Å². The fourth-order valence-corrected chi connectivity index (χ4v) is 3.40. The average Bonchev–Trinajstić information content (AvgIpc) is 2.52. The molecule has 0 bridgehead atoms. The van der Waals surface area contributed by atoms with Crippen molar-refractivity contribution in [3.05, 3.63) is 29.8 Å². The lowest BCUT2D eigenvalue weighted by Crippen LogP contribution is -2.31. The van der Waals surface area contributed by atoms with E-state index < -0.39 is 0 Å². The van der Waals surface area contributed by atoms with Crippen molar-refractivity contribution in [1.82, 2.24) is 5.32 Å². The zero-order valence-corrected chi connectivity index (χ0v) is 14.2. The number of carbonyl (C=O) groups is 1. The number of benzene rings is 1. The molecule has 1 saturated heterocycles. The summed E-state index contributed by atoms with van der Waals surface area (Å²) < 4.78 is 5.39. The van der Waals surface area contributed by atoms with Crippen LogP contribution in [0, 0.1) is 5.92 Å². The van der Waals surface area contributed by atoms with E-state index in [9.17, 15) is 4.79 Å². The third kappa shape index (κ3) is 6.28. The van der Waals surface area contributed by atoms with E-state index in [1.54, 1.807) is 0 Å². The first-order chi connectivity index (χ1) is 10.6. The molecule has 2 amide bonds. The fraction of sp³-hybridized carbons (Fsp3) is 0.588. The van der Waals surface area contributed by atoms with Crippen LogP contribution in [0.2, 0.25) is 0 Å². The Morgan fingerprint density at radius 2 is 2.14 bits per heavy atom. The van der Waals surface area contributed by atoms with Crippen LogP contribution in [-0.2, 0) is 10.5 Å². The first-order valence-corrected chi connectivity index (χ1v) is 9.01. The molecule has 0 aromatic heterocycles. The Balaban J connectivity index is 1.80. The Morgan fingerprint density at radius 1 is 1.36 bits per heavy atom.